The summed E-state index contributed by atoms with van der Waals surface area (Å²) in [5.74, 6) is -0.998. The summed E-state index contributed by atoms with van der Waals surface area (Å²) in [6, 6.07) is 26.4. The van der Waals surface area contributed by atoms with E-state index in [-0.39, 0.29) is 34.0 Å². The number of benzene rings is 4. The Balaban J connectivity index is 1.84. The molecule has 0 spiro atoms. The first-order valence-electron chi connectivity index (χ1n) is 10.0. The van der Waals surface area contributed by atoms with Gasteiger partial charge >= 0.3 is 0 Å². The number of hydrogen-bond acceptors (Lipinski definition) is 4. The second kappa shape index (κ2) is 7.59. The Kier molecular flexibility index (Phi) is 4.60. The molecule has 5 rings (SSSR count). The van der Waals surface area contributed by atoms with E-state index >= 15 is 0 Å². The minimum absolute atomic E-state index is 0.0845. The number of nitrogens with zero attached hydrogens (tertiary/aromatic N) is 2. The summed E-state index contributed by atoms with van der Waals surface area (Å²) in [5, 5.41) is 21.1. The lowest BCUT2D eigenvalue weighted by atomic mass is 10.0. The Hall–Kier alpha value is -4.58. The molecule has 0 aliphatic carbocycles. The maximum atomic E-state index is 13.9. The fourth-order valence-corrected chi connectivity index (χ4v) is 3.94. The Morgan fingerprint density at radius 1 is 0.438 bits per heavy atom. The van der Waals surface area contributed by atoms with Crippen molar-refractivity contribution in [3.8, 4) is 11.5 Å². The van der Waals surface area contributed by atoms with Crippen molar-refractivity contribution in [3.05, 3.63) is 108 Å². The molecular weight excluding hydrogens is 404 g/mol. The number of carbonyl (C=O) groups is 2. The Labute approximate surface area is 184 Å². The van der Waals surface area contributed by atoms with E-state index in [2.05, 4.69) is 0 Å². The second-order valence-corrected chi connectivity index (χ2v) is 7.29. The average Bonchev–Trinajstić information content (AvgIpc) is 2.82. The number of para-hydroxylation sites is 6. The molecule has 0 saturated heterocycles. The highest BCUT2D eigenvalue weighted by Gasteiger charge is 2.35. The first-order chi connectivity index (χ1) is 15.6. The van der Waals surface area contributed by atoms with Gasteiger partial charge in [-0.25, -0.2) is 0 Å². The molecule has 0 atom stereocenters. The van der Waals surface area contributed by atoms with Crippen molar-refractivity contribution in [2.75, 3.05) is 9.80 Å². The zero-order chi connectivity index (χ0) is 22.2. The summed E-state index contributed by atoms with van der Waals surface area (Å²) in [6.45, 7) is 0. The normalized spacial score (nSPS) is 13.2. The van der Waals surface area contributed by atoms with E-state index in [9.17, 15) is 19.8 Å². The zero-order valence-corrected chi connectivity index (χ0v) is 16.8. The summed E-state index contributed by atoms with van der Waals surface area (Å²) in [7, 11) is 0. The van der Waals surface area contributed by atoms with Gasteiger partial charge in [0.05, 0.1) is 33.9 Å². The first-order valence-corrected chi connectivity index (χ1v) is 10.0. The number of amides is 2. The van der Waals surface area contributed by atoms with Gasteiger partial charge in [-0.05, 0) is 48.5 Å². The average molecular weight is 422 g/mol. The topological polar surface area (TPSA) is 81.1 Å². The SMILES string of the molecule is O=C1c2ccccc2N(c2ccccc2O)C(=O)c2ccccc2N1c1ccccc1O. The molecule has 0 radical (unpaired) electrons. The number of phenols is 2. The van der Waals surface area contributed by atoms with Crippen molar-refractivity contribution in [2.45, 2.75) is 0 Å². The van der Waals surface area contributed by atoms with Gasteiger partial charge in [-0.3, -0.25) is 19.4 Å². The molecule has 1 aliphatic rings. The molecule has 0 unspecified atom stereocenters. The third-order valence-electron chi connectivity index (χ3n) is 5.40. The number of phenolic OH excluding ortho intramolecular Hbond substituents is 2. The number of fused-ring (bicyclic) bond motifs is 2. The number of hydrogen-bond donors (Lipinski definition) is 2. The smallest absolute Gasteiger partial charge is 0.265 e. The van der Waals surface area contributed by atoms with Gasteiger partial charge in [-0.2, -0.15) is 0 Å². The zero-order valence-electron chi connectivity index (χ0n) is 16.8. The van der Waals surface area contributed by atoms with Crippen LogP contribution in [-0.2, 0) is 0 Å². The summed E-state index contributed by atoms with van der Waals surface area (Å²) in [5.41, 5.74) is 1.70. The largest absolute Gasteiger partial charge is 0.506 e. The van der Waals surface area contributed by atoms with Crippen LogP contribution in [0.4, 0.5) is 22.7 Å². The molecule has 4 aromatic rings. The number of carbonyl (C=O) groups excluding carboxylic acids is 2. The summed E-state index contributed by atoms with van der Waals surface area (Å²) < 4.78 is 0. The van der Waals surface area contributed by atoms with Crippen molar-refractivity contribution in [2.24, 2.45) is 0 Å². The predicted molar refractivity (Wildman–Crippen MR) is 122 cm³/mol. The molecule has 0 bridgehead atoms. The van der Waals surface area contributed by atoms with E-state index in [4.69, 9.17) is 0 Å². The van der Waals surface area contributed by atoms with Crippen molar-refractivity contribution < 1.29 is 19.8 Å². The lowest BCUT2D eigenvalue weighted by Crippen LogP contribution is -2.36. The molecule has 6 nitrogen and oxygen atoms in total. The summed E-state index contributed by atoms with van der Waals surface area (Å²) in [4.78, 5) is 30.5. The van der Waals surface area contributed by atoms with Crippen LogP contribution in [0.1, 0.15) is 20.7 Å². The van der Waals surface area contributed by atoms with Gasteiger partial charge in [0.2, 0.25) is 0 Å². The van der Waals surface area contributed by atoms with E-state index in [0.29, 0.717) is 11.4 Å². The highest BCUT2D eigenvalue weighted by Crippen LogP contribution is 2.43. The molecule has 156 valence electrons. The van der Waals surface area contributed by atoms with Crippen LogP contribution in [0.25, 0.3) is 0 Å². The van der Waals surface area contributed by atoms with Gasteiger partial charge in [0.25, 0.3) is 11.8 Å². The van der Waals surface area contributed by atoms with Crippen LogP contribution in [0.5, 0.6) is 11.5 Å². The molecule has 0 saturated carbocycles. The number of anilines is 4. The Morgan fingerprint density at radius 2 is 0.750 bits per heavy atom. The molecule has 1 heterocycles. The third-order valence-corrected chi connectivity index (χ3v) is 5.40. The molecule has 2 amide bonds. The van der Waals surface area contributed by atoms with Crippen LogP contribution in [-0.4, -0.2) is 22.0 Å². The molecule has 4 aromatic carbocycles. The van der Waals surface area contributed by atoms with Crippen molar-refractivity contribution in [1.82, 2.24) is 0 Å². The number of rotatable bonds is 2. The Morgan fingerprint density at radius 3 is 1.12 bits per heavy atom. The van der Waals surface area contributed by atoms with Crippen LogP contribution >= 0.6 is 0 Å². The molecule has 2 N–H and O–H groups in total. The fraction of sp³-hybridized carbons (Fsp3) is 0. The highest BCUT2D eigenvalue weighted by atomic mass is 16.3. The van der Waals surface area contributed by atoms with E-state index in [0.717, 1.165) is 0 Å². The first kappa shape index (κ1) is 19.4. The Bertz CT molecular complexity index is 1260. The number of aromatic hydroxyl groups is 2. The van der Waals surface area contributed by atoms with Gasteiger partial charge in [-0.1, -0.05) is 48.5 Å². The third kappa shape index (κ3) is 2.97. The van der Waals surface area contributed by atoms with Crippen LogP contribution in [0, 0.1) is 0 Å². The fourth-order valence-electron chi connectivity index (χ4n) is 3.94. The molecule has 0 fully saturated rings. The van der Waals surface area contributed by atoms with E-state index in [1.807, 2.05) is 0 Å². The van der Waals surface area contributed by atoms with E-state index < -0.39 is 11.8 Å². The minimum Gasteiger partial charge on any atom is -0.506 e. The molecule has 0 aromatic heterocycles. The predicted octanol–water partition coefficient (Wildman–Crippen LogP) is 5.37. The molecular formula is C26H18N2O4. The van der Waals surface area contributed by atoms with E-state index in [1.165, 1.54) is 21.9 Å². The van der Waals surface area contributed by atoms with Gasteiger partial charge in [0.1, 0.15) is 11.5 Å². The monoisotopic (exact) mass is 422 g/mol. The standard InChI is InChI=1S/C26H18N2O4/c29-23-15-7-5-13-21(23)27-19-11-3-1-9-17(19)25(31)28(22-14-6-8-16-24(22)30)20-12-4-2-10-18(20)26(27)32/h1-16,29-30H. The quantitative estimate of drug-likeness (QED) is 0.455. The van der Waals surface area contributed by atoms with Gasteiger partial charge in [-0.15, -0.1) is 0 Å². The van der Waals surface area contributed by atoms with Crippen molar-refractivity contribution in [1.29, 1.82) is 0 Å². The molecule has 6 heteroatoms. The molecule has 32 heavy (non-hydrogen) atoms. The van der Waals surface area contributed by atoms with Crippen LogP contribution in [0.2, 0.25) is 0 Å². The van der Waals surface area contributed by atoms with Gasteiger partial charge in [0.15, 0.2) is 0 Å². The summed E-state index contributed by atoms with van der Waals surface area (Å²) in [6.07, 6.45) is 0. The van der Waals surface area contributed by atoms with Crippen LogP contribution in [0.3, 0.4) is 0 Å². The van der Waals surface area contributed by atoms with Gasteiger partial charge in [0, 0.05) is 0 Å². The lowest BCUT2D eigenvalue weighted by Gasteiger charge is -2.33. The summed E-state index contributed by atoms with van der Waals surface area (Å²) >= 11 is 0. The molecule has 1 aliphatic heterocycles. The maximum Gasteiger partial charge on any atom is 0.265 e. The lowest BCUT2D eigenvalue weighted by molar-refractivity contribution is 0.0988. The van der Waals surface area contributed by atoms with Crippen LogP contribution in [0.15, 0.2) is 97.1 Å². The second-order valence-electron chi connectivity index (χ2n) is 7.29. The van der Waals surface area contributed by atoms with E-state index in [1.54, 1.807) is 84.9 Å². The minimum atomic E-state index is -0.414. The van der Waals surface area contributed by atoms with Crippen molar-refractivity contribution >= 4 is 34.6 Å². The highest BCUT2D eigenvalue weighted by molar-refractivity contribution is 6.24. The van der Waals surface area contributed by atoms with Crippen LogP contribution < -0.4 is 9.80 Å². The maximum absolute atomic E-state index is 13.9. The van der Waals surface area contributed by atoms with Crippen molar-refractivity contribution in [3.63, 3.8) is 0 Å². The van der Waals surface area contributed by atoms with Gasteiger partial charge < -0.3 is 10.2 Å².